The molecule has 0 bridgehead atoms. The van der Waals surface area contributed by atoms with E-state index in [4.69, 9.17) is 0 Å². The van der Waals surface area contributed by atoms with Crippen molar-refractivity contribution in [3.63, 3.8) is 0 Å². The first-order chi connectivity index (χ1) is 9.08. The van der Waals surface area contributed by atoms with Crippen LogP contribution in [-0.4, -0.2) is 46.6 Å². The molecule has 1 atom stereocenters. The van der Waals surface area contributed by atoms with E-state index in [1.54, 1.807) is 6.07 Å². The predicted molar refractivity (Wildman–Crippen MR) is 78.4 cm³/mol. The lowest BCUT2D eigenvalue weighted by Crippen LogP contribution is -2.33. The molecule has 0 radical (unpaired) electrons. The fraction of sp³-hybridized carbons (Fsp3) is 0.400. The smallest absolute Gasteiger partial charge is 0.337 e. The molecule has 0 aliphatic heterocycles. The zero-order chi connectivity index (χ0) is 13.6. The molecule has 4 N–H and O–H groups in total. The number of fused-ring (bicyclic) bond motifs is 3. The Balaban J connectivity index is 0.00000147. The zero-order valence-corrected chi connectivity index (χ0v) is 11.7. The number of carboxylic acid groups (broad SMARTS) is 1. The number of para-hydroxylation sites is 1. The Labute approximate surface area is 117 Å². The molecule has 3 rings (SSSR count). The van der Waals surface area contributed by atoms with E-state index in [0.29, 0.717) is 11.6 Å². The largest absolute Gasteiger partial charge is 0.478 e. The van der Waals surface area contributed by atoms with Crippen LogP contribution < -0.4 is 0 Å². The molecule has 1 heterocycles. The van der Waals surface area contributed by atoms with Crippen LogP contribution in [0.3, 0.4) is 0 Å². The molecule has 0 saturated heterocycles. The van der Waals surface area contributed by atoms with Crippen LogP contribution in [0.2, 0.25) is 0 Å². The first-order valence-electron chi connectivity index (χ1n) is 6.60. The van der Waals surface area contributed by atoms with Gasteiger partial charge in [-0.2, -0.15) is 0 Å². The van der Waals surface area contributed by atoms with Crippen LogP contribution in [0.25, 0.3) is 10.9 Å². The number of aromatic nitrogens is 1. The van der Waals surface area contributed by atoms with Crippen LogP contribution in [0.15, 0.2) is 18.2 Å². The second kappa shape index (κ2) is 5.26. The van der Waals surface area contributed by atoms with Crippen molar-refractivity contribution < 1.29 is 15.4 Å². The van der Waals surface area contributed by atoms with Crippen LogP contribution in [-0.2, 0) is 12.8 Å². The Morgan fingerprint density at radius 2 is 2.15 bits per heavy atom. The third-order valence-electron chi connectivity index (χ3n) is 4.16. The Morgan fingerprint density at radius 3 is 2.80 bits per heavy atom. The Bertz CT molecular complexity index is 646. The molecule has 0 fully saturated rings. The van der Waals surface area contributed by atoms with Crippen molar-refractivity contribution in [2.24, 2.45) is 0 Å². The number of hydrogen-bond acceptors (Lipinski definition) is 2. The lowest BCUT2D eigenvalue weighted by molar-refractivity contribution is 0.0699. The summed E-state index contributed by atoms with van der Waals surface area (Å²) in [7, 11) is 4.21. The maximum atomic E-state index is 11.3. The zero-order valence-electron chi connectivity index (χ0n) is 11.7. The normalized spacial score (nSPS) is 17.9. The van der Waals surface area contributed by atoms with Gasteiger partial charge in [-0.25, -0.2) is 4.79 Å². The van der Waals surface area contributed by atoms with Gasteiger partial charge in [0, 0.05) is 17.1 Å². The van der Waals surface area contributed by atoms with Crippen molar-refractivity contribution in [3.8, 4) is 0 Å². The molecule has 1 aromatic carbocycles. The number of benzene rings is 1. The van der Waals surface area contributed by atoms with E-state index in [-0.39, 0.29) is 5.48 Å². The van der Waals surface area contributed by atoms with Gasteiger partial charge < -0.3 is 20.5 Å². The number of likely N-dealkylation sites (N-methyl/N-ethyl adjacent to an activating group) is 1. The van der Waals surface area contributed by atoms with Crippen LogP contribution >= 0.6 is 0 Å². The third-order valence-corrected chi connectivity index (χ3v) is 4.16. The number of H-pyrrole nitrogens is 1. The average Bonchev–Trinajstić information content (AvgIpc) is 2.75. The molecule has 1 aliphatic rings. The summed E-state index contributed by atoms with van der Waals surface area (Å²) in [6, 6.07) is 6.06. The van der Waals surface area contributed by atoms with Crippen molar-refractivity contribution >= 4 is 16.9 Å². The number of carboxylic acids is 1. The minimum absolute atomic E-state index is 0. The van der Waals surface area contributed by atoms with Gasteiger partial charge in [-0.3, -0.25) is 0 Å². The number of aromatic amines is 1. The van der Waals surface area contributed by atoms with Gasteiger partial charge in [0.2, 0.25) is 0 Å². The Hall–Kier alpha value is -1.85. The van der Waals surface area contributed by atoms with E-state index in [1.807, 2.05) is 12.1 Å². The van der Waals surface area contributed by atoms with Crippen molar-refractivity contribution in [1.82, 2.24) is 9.88 Å². The molecule has 5 nitrogen and oxygen atoms in total. The fourth-order valence-electron chi connectivity index (χ4n) is 3.04. The van der Waals surface area contributed by atoms with E-state index in [0.717, 1.165) is 30.2 Å². The van der Waals surface area contributed by atoms with Gasteiger partial charge in [0.05, 0.1) is 11.1 Å². The molecular formula is C15H20N2O3. The molecule has 1 unspecified atom stereocenters. The second-order valence-corrected chi connectivity index (χ2v) is 5.48. The standard InChI is InChI=1S/C15H18N2O2.H2O/c1-17(2)9-6-7-13-12(8-9)10-4-3-5-11(15(18)19)14(10)16-13;/h3-5,9,16H,6-8H2,1-2H3,(H,18,19);1H2. The highest BCUT2D eigenvalue weighted by Crippen LogP contribution is 2.31. The molecule has 1 aromatic heterocycles. The van der Waals surface area contributed by atoms with E-state index >= 15 is 0 Å². The summed E-state index contributed by atoms with van der Waals surface area (Å²) in [5.41, 5.74) is 3.65. The van der Waals surface area contributed by atoms with Gasteiger partial charge in [0.1, 0.15) is 0 Å². The van der Waals surface area contributed by atoms with E-state index in [2.05, 4.69) is 24.0 Å². The first kappa shape index (κ1) is 14.6. The summed E-state index contributed by atoms with van der Waals surface area (Å²) in [6.07, 6.45) is 3.10. The molecule has 0 amide bonds. The summed E-state index contributed by atoms with van der Waals surface area (Å²) >= 11 is 0. The molecule has 0 spiro atoms. The molecule has 2 aromatic rings. The van der Waals surface area contributed by atoms with Crippen LogP contribution in [0, 0.1) is 0 Å². The fourth-order valence-corrected chi connectivity index (χ4v) is 3.04. The van der Waals surface area contributed by atoms with E-state index in [1.165, 1.54) is 11.3 Å². The summed E-state index contributed by atoms with van der Waals surface area (Å²) in [6.45, 7) is 0. The average molecular weight is 276 g/mol. The number of aromatic carboxylic acids is 1. The summed E-state index contributed by atoms with van der Waals surface area (Å²) in [5.74, 6) is -0.867. The molecule has 5 heteroatoms. The molecule has 0 saturated carbocycles. The number of rotatable bonds is 2. The Kier molecular flexibility index (Phi) is 3.83. The highest BCUT2D eigenvalue weighted by molar-refractivity contribution is 6.03. The number of nitrogens with zero attached hydrogens (tertiary/aromatic N) is 1. The predicted octanol–water partition coefficient (Wildman–Crippen LogP) is 1.46. The monoisotopic (exact) mass is 276 g/mol. The van der Waals surface area contributed by atoms with Gasteiger partial charge in [0.25, 0.3) is 0 Å². The summed E-state index contributed by atoms with van der Waals surface area (Å²) in [5, 5.41) is 10.3. The number of carbonyl (C=O) groups is 1. The molecule has 108 valence electrons. The van der Waals surface area contributed by atoms with Gasteiger partial charge in [-0.05, 0) is 45.0 Å². The minimum atomic E-state index is -0.867. The van der Waals surface area contributed by atoms with Crippen molar-refractivity contribution in [2.75, 3.05) is 14.1 Å². The van der Waals surface area contributed by atoms with Gasteiger partial charge in [-0.1, -0.05) is 12.1 Å². The van der Waals surface area contributed by atoms with Crippen LogP contribution in [0.1, 0.15) is 28.0 Å². The topological polar surface area (TPSA) is 87.8 Å². The summed E-state index contributed by atoms with van der Waals surface area (Å²) in [4.78, 5) is 16.9. The lowest BCUT2D eigenvalue weighted by Gasteiger charge is -2.28. The highest BCUT2D eigenvalue weighted by Gasteiger charge is 2.25. The molecular weight excluding hydrogens is 256 g/mol. The third kappa shape index (κ3) is 2.19. The molecule has 1 aliphatic carbocycles. The number of hydrogen-bond donors (Lipinski definition) is 2. The van der Waals surface area contributed by atoms with E-state index < -0.39 is 5.97 Å². The minimum Gasteiger partial charge on any atom is -0.478 e. The van der Waals surface area contributed by atoms with Crippen LogP contribution in [0.5, 0.6) is 0 Å². The second-order valence-electron chi connectivity index (χ2n) is 5.48. The quantitative estimate of drug-likeness (QED) is 0.870. The highest BCUT2D eigenvalue weighted by atomic mass is 16.4. The van der Waals surface area contributed by atoms with Gasteiger partial charge in [0.15, 0.2) is 0 Å². The maximum absolute atomic E-state index is 11.3. The SMILES string of the molecule is CN(C)C1CCc2[nH]c3c(C(=O)O)cccc3c2C1.O. The number of nitrogens with one attached hydrogen (secondary N) is 1. The van der Waals surface area contributed by atoms with Crippen molar-refractivity contribution in [1.29, 1.82) is 0 Å². The van der Waals surface area contributed by atoms with Gasteiger partial charge in [-0.15, -0.1) is 0 Å². The Morgan fingerprint density at radius 1 is 1.40 bits per heavy atom. The van der Waals surface area contributed by atoms with Gasteiger partial charge >= 0.3 is 5.97 Å². The van der Waals surface area contributed by atoms with E-state index in [9.17, 15) is 9.90 Å². The first-order valence-corrected chi connectivity index (χ1v) is 6.60. The molecule has 20 heavy (non-hydrogen) atoms. The summed E-state index contributed by atoms with van der Waals surface area (Å²) < 4.78 is 0. The van der Waals surface area contributed by atoms with Crippen LogP contribution in [0.4, 0.5) is 0 Å². The lowest BCUT2D eigenvalue weighted by atomic mass is 9.90. The van der Waals surface area contributed by atoms with Crippen molar-refractivity contribution in [3.05, 3.63) is 35.0 Å². The number of aryl methyl sites for hydroxylation is 1. The maximum Gasteiger partial charge on any atom is 0.337 e. The van der Waals surface area contributed by atoms with Crippen molar-refractivity contribution in [2.45, 2.75) is 25.3 Å².